The van der Waals surface area contributed by atoms with Gasteiger partial charge in [-0.2, -0.15) is 0 Å². The Hall–Kier alpha value is -8.46. The lowest BCUT2D eigenvalue weighted by Gasteiger charge is -2.35. The molecular formula is C63H41NO. The number of hydrogen-bond donors (Lipinski definition) is 0. The van der Waals surface area contributed by atoms with Crippen LogP contribution in [0.3, 0.4) is 0 Å². The third-order valence-corrected chi connectivity index (χ3v) is 13.7. The fourth-order valence-corrected chi connectivity index (χ4v) is 10.8. The van der Waals surface area contributed by atoms with Crippen molar-refractivity contribution < 1.29 is 4.42 Å². The van der Waals surface area contributed by atoms with Crippen LogP contribution in [0.4, 0.5) is 17.1 Å². The Balaban J connectivity index is 1.05. The van der Waals surface area contributed by atoms with E-state index in [-0.39, 0.29) is 0 Å². The Morgan fingerprint density at radius 1 is 0.323 bits per heavy atom. The van der Waals surface area contributed by atoms with E-state index < -0.39 is 5.41 Å². The van der Waals surface area contributed by atoms with Crippen molar-refractivity contribution in [2.24, 2.45) is 0 Å². The molecular weight excluding hydrogens is 787 g/mol. The molecule has 0 saturated carbocycles. The van der Waals surface area contributed by atoms with Crippen molar-refractivity contribution in [2.45, 2.75) is 5.41 Å². The fourth-order valence-electron chi connectivity index (χ4n) is 10.8. The molecule has 2 heteroatoms. The molecule has 1 heterocycles. The van der Waals surface area contributed by atoms with Crippen molar-refractivity contribution in [1.29, 1.82) is 0 Å². The first-order valence-electron chi connectivity index (χ1n) is 22.4. The Bertz CT molecular complexity index is 3730. The van der Waals surface area contributed by atoms with Crippen LogP contribution in [0.15, 0.2) is 253 Å². The van der Waals surface area contributed by atoms with Crippen LogP contribution in [-0.2, 0) is 5.41 Å². The molecule has 11 aromatic carbocycles. The molecule has 65 heavy (non-hydrogen) atoms. The average molecular weight is 828 g/mol. The highest BCUT2D eigenvalue weighted by molar-refractivity contribution is 6.18. The number of benzene rings is 11. The van der Waals surface area contributed by atoms with Crippen LogP contribution in [0.5, 0.6) is 0 Å². The van der Waals surface area contributed by atoms with Crippen molar-refractivity contribution in [3.05, 3.63) is 271 Å². The van der Waals surface area contributed by atoms with E-state index in [2.05, 4.69) is 248 Å². The molecule has 0 saturated heterocycles. The molecule has 0 amide bonds. The van der Waals surface area contributed by atoms with Gasteiger partial charge in [0, 0.05) is 33.1 Å². The maximum absolute atomic E-state index is 6.60. The zero-order valence-corrected chi connectivity index (χ0v) is 35.5. The molecule has 0 unspecified atom stereocenters. The number of para-hydroxylation sites is 2. The monoisotopic (exact) mass is 827 g/mol. The number of rotatable bonds is 7. The van der Waals surface area contributed by atoms with Gasteiger partial charge in [-0.3, -0.25) is 0 Å². The first-order valence-corrected chi connectivity index (χ1v) is 22.4. The smallest absolute Gasteiger partial charge is 0.143 e. The zero-order chi connectivity index (χ0) is 42.9. The minimum atomic E-state index is -0.539. The summed E-state index contributed by atoms with van der Waals surface area (Å²) in [5, 5.41) is 6.99. The second kappa shape index (κ2) is 14.8. The normalized spacial score (nSPS) is 12.7. The average Bonchev–Trinajstić information content (AvgIpc) is 3.91. The topological polar surface area (TPSA) is 16.4 Å². The largest absolute Gasteiger partial charge is 0.455 e. The molecule has 1 aliphatic rings. The highest BCUT2D eigenvalue weighted by atomic mass is 16.3. The summed E-state index contributed by atoms with van der Waals surface area (Å²) in [6, 6.07) is 91.0. The number of furan rings is 1. The quantitative estimate of drug-likeness (QED) is 0.159. The van der Waals surface area contributed by atoms with Gasteiger partial charge in [0.25, 0.3) is 0 Å². The van der Waals surface area contributed by atoms with Crippen LogP contribution in [0.25, 0.3) is 76.9 Å². The lowest BCUT2D eigenvalue weighted by Crippen LogP contribution is -2.28. The summed E-state index contributed by atoms with van der Waals surface area (Å²) in [5.74, 6) is 0. The van der Waals surface area contributed by atoms with E-state index in [9.17, 15) is 0 Å². The van der Waals surface area contributed by atoms with Crippen molar-refractivity contribution >= 4 is 60.5 Å². The molecule has 0 N–H and O–H groups in total. The second-order valence-electron chi connectivity index (χ2n) is 17.2. The van der Waals surface area contributed by atoms with E-state index >= 15 is 0 Å². The van der Waals surface area contributed by atoms with Gasteiger partial charge in [0.2, 0.25) is 0 Å². The van der Waals surface area contributed by atoms with E-state index in [0.717, 1.165) is 60.9 Å². The van der Waals surface area contributed by atoms with E-state index in [0.29, 0.717) is 0 Å². The van der Waals surface area contributed by atoms with Crippen molar-refractivity contribution in [3.63, 3.8) is 0 Å². The lowest BCUT2D eigenvalue weighted by molar-refractivity contribution is 0.672. The van der Waals surface area contributed by atoms with Crippen LogP contribution >= 0.6 is 0 Å². The first kappa shape index (κ1) is 37.1. The van der Waals surface area contributed by atoms with E-state index in [4.69, 9.17) is 4.42 Å². The second-order valence-corrected chi connectivity index (χ2v) is 17.2. The minimum absolute atomic E-state index is 0.539. The fraction of sp³-hybridized carbons (Fsp3) is 0.0159. The van der Waals surface area contributed by atoms with Gasteiger partial charge in [-0.25, -0.2) is 0 Å². The number of nitrogens with zero attached hydrogens (tertiary/aromatic N) is 1. The van der Waals surface area contributed by atoms with E-state index in [1.165, 1.54) is 55.3 Å². The van der Waals surface area contributed by atoms with Crippen molar-refractivity contribution in [2.75, 3.05) is 4.90 Å². The van der Waals surface area contributed by atoms with E-state index in [1.807, 2.05) is 6.07 Å². The van der Waals surface area contributed by atoms with Crippen LogP contribution in [0, 0.1) is 0 Å². The number of anilines is 3. The molecule has 304 valence electrons. The Morgan fingerprint density at radius 3 is 1.72 bits per heavy atom. The van der Waals surface area contributed by atoms with Crippen LogP contribution in [0.1, 0.15) is 22.3 Å². The third-order valence-electron chi connectivity index (χ3n) is 13.7. The zero-order valence-electron chi connectivity index (χ0n) is 35.5. The predicted octanol–water partition coefficient (Wildman–Crippen LogP) is 17.1. The number of hydrogen-bond acceptors (Lipinski definition) is 2. The summed E-state index contributed by atoms with van der Waals surface area (Å²) in [4.78, 5) is 2.46. The molecule has 0 radical (unpaired) electrons. The lowest BCUT2D eigenvalue weighted by atomic mass is 9.67. The molecule has 13 rings (SSSR count). The van der Waals surface area contributed by atoms with Gasteiger partial charge >= 0.3 is 0 Å². The third kappa shape index (κ3) is 5.74. The van der Waals surface area contributed by atoms with Crippen LogP contribution < -0.4 is 4.90 Å². The molecule has 2 nitrogen and oxygen atoms in total. The van der Waals surface area contributed by atoms with Gasteiger partial charge in [0.15, 0.2) is 0 Å². The van der Waals surface area contributed by atoms with Crippen molar-refractivity contribution in [1.82, 2.24) is 0 Å². The summed E-state index contributed by atoms with van der Waals surface area (Å²) in [6.45, 7) is 0. The van der Waals surface area contributed by atoms with Gasteiger partial charge in [-0.15, -0.1) is 0 Å². The van der Waals surface area contributed by atoms with Gasteiger partial charge in [0.1, 0.15) is 11.2 Å². The van der Waals surface area contributed by atoms with Crippen LogP contribution in [0.2, 0.25) is 0 Å². The molecule has 0 aliphatic heterocycles. The molecule has 1 aliphatic carbocycles. The van der Waals surface area contributed by atoms with Gasteiger partial charge < -0.3 is 9.32 Å². The molecule has 12 aromatic rings. The molecule has 0 bridgehead atoms. The Labute approximate surface area is 377 Å². The maximum Gasteiger partial charge on any atom is 0.143 e. The molecule has 1 aromatic heterocycles. The summed E-state index contributed by atoms with van der Waals surface area (Å²) in [5.41, 5.74) is 16.7. The summed E-state index contributed by atoms with van der Waals surface area (Å²) in [6.07, 6.45) is 0. The Kier molecular flexibility index (Phi) is 8.47. The highest BCUT2D eigenvalue weighted by Crippen LogP contribution is 2.57. The minimum Gasteiger partial charge on any atom is -0.455 e. The summed E-state index contributed by atoms with van der Waals surface area (Å²) >= 11 is 0. The SMILES string of the molecule is c1ccc(C2(c3ccccc3)c3ccccc3-c3ccc(N(c4ccc(-c5ccc6ccccc6c5)cc4)c4ccccc4-c4cccc5c4ccc4c6ccccc6oc54)cc32)cc1. The first-order chi connectivity index (χ1) is 32.2. The molecule has 0 fully saturated rings. The summed E-state index contributed by atoms with van der Waals surface area (Å²) in [7, 11) is 0. The number of fused-ring (bicyclic) bond motifs is 9. The standard InChI is InChI=1S/C63H41NO/c1-3-18-46(19-4-1)63(47-20-5-2-6-21-47)58-27-12-9-22-52(58)53-37-36-49(41-59(53)63)64(48-34-32-43(33-35-48)45-31-30-42-16-7-8-17-44(42)40-45)60-28-13-10-23-54(60)50-25-15-26-56-51(50)38-39-57-55-24-11-14-29-61(55)65-62(56)57/h1-41H. The van der Waals surface area contributed by atoms with Gasteiger partial charge in [-0.1, -0.05) is 200 Å². The molecule has 0 spiro atoms. The van der Waals surface area contributed by atoms with Crippen molar-refractivity contribution in [3.8, 4) is 33.4 Å². The van der Waals surface area contributed by atoms with E-state index in [1.54, 1.807) is 0 Å². The van der Waals surface area contributed by atoms with Gasteiger partial charge in [0.05, 0.1) is 11.1 Å². The Morgan fingerprint density at radius 2 is 0.908 bits per heavy atom. The van der Waals surface area contributed by atoms with Gasteiger partial charge in [-0.05, 0) is 115 Å². The van der Waals surface area contributed by atoms with Crippen LogP contribution in [-0.4, -0.2) is 0 Å². The summed E-state index contributed by atoms with van der Waals surface area (Å²) < 4.78 is 6.60. The highest BCUT2D eigenvalue weighted by Gasteiger charge is 2.46. The molecule has 0 atom stereocenters. The predicted molar refractivity (Wildman–Crippen MR) is 272 cm³/mol. The maximum atomic E-state index is 6.60.